The fourth-order valence-corrected chi connectivity index (χ4v) is 2.99. The van der Waals surface area contributed by atoms with E-state index in [-0.39, 0.29) is 0 Å². The second-order valence-corrected chi connectivity index (χ2v) is 8.59. The van der Waals surface area contributed by atoms with E-state index < -0.39 is 7.81 Å². The predicted molar refractivity (Wildman–Crippen MR) is 101 cm³/mol. The maximum absolute atomic E-state index is 10.7. The number of rotatable bonds is 1. The van der Waals surface area contributed by atoms with Crippen molar-refractivity contribution in [2.45, 2.75) is 18.3 Å². The maximum atomic E-state index is 9.87. The quantitative estimate of drug-likeness (QED) is 0.194. The Hall–Kier alpha value is -1.75. The summed E-state index contributed by atoms with van der Waals surface area (Å²) in [5.74, 6) is 0. The molecular formula is C19H18F6FeNP. The third-order valence-electron chi connectivity index (χ3n) is 3.69. The first-order chi connectivity index (χ1) is 12.8. The van der Waals surface area contributed by atoms with E-state index in [9.17, 15) is 25.2 Å². The number of aryl methyl sites for hydroxylation is 1. The fourth-order valence-electron chi connectivity index (χ4n) is 2.74. The molecule has 0 saturated heterocycles. The minimum atomic E-state index is -10.7. The van der Waals surface area contributed by atoms with Crippen molar-refractivity contribution in [3.8, 4) is 0 Å². The van der Waals surface area contributed by atoms with Gasteiger partial charge in [0, 0.05) is 28.4 Å². The van der Waals surface area contributed by atoms with E-state index >= 15 is 0 Å². The van der Waals surface area contributed by atoms with Crippen LogP contribution in [0, 0.1) is 0 Å². The third-order valence-corrected chi connectivity index (χ3v) is 4.11. The van der Waals surface area contributed by atoms with Crippen LogP contribution in [0.5, 0.6) is 0 Å². The van der Waals surface area contributed by atoms with E-state index in [1.165, 1.54) is 21.8 Å². The number of nitrogens with zero attached hydrogens (tertiary/aromatic N) is 1. The van der Waals surface area contributed by atoms with E-state index in [4.69, 9.17) is 0 Å². The van der Waals surface area contributed by atoms with Crippen LogP contribution in [0.2, 0.25) is 4.82 Å². The summed E-state index contributed by atoms with van der Waals surface area (Å²) in [6.07, 6.45) is 8.13. The molecule has 0 atom stereocenters. The summed E-state index contributed by atoms with van der Waals surface area (Å²) in [7, 11) is -10.7. The van der Waals surface area contributed by atoms with Crippen LogP contribution < -0.4 is 0 Å². The van der Waals surface area contributed by atoms with Crippen LogP contribution in [0.1, 0.15) is 6.92 Å². The molecule has 9 heteroatoms. The first-order valence-corrected chi connectivity index (χ1v) is 10.9. The van der Waals surface area contributed by atoms with Crippen molar-refractivity contribution in [3.63, 3.8) is 0 Å². The molecule has 0 saturated carbocycles. The van der Waals surface area contributed by atoms with Crippen LogP contribution in [0.3, 0.4) is 0 Å². The average Bonchev–Trinajstić information content (AvgIpc) is 3.17. The third kappa shape index (κ3) is 7.70. The zero-order chi connectivity index (χ0) is 21.1. The molecule has 0 spiro atoms. The van der Waals surface area contributed by atoms with Crippen molar-refractivity contribution < 1.29 is 41.2 Å². The number of halogens is 6. The van der Waals surface area contributed by atoms with Gasteiger partial charge in [-0.1, -0.05) is 36.4 Å². The van der Waals surface area contributed by atoms with Gasteiger partial charge in [0.05, 0.1) is 0 Å². The molecule has 1 heterocycles. The number of para-hydroxylation sites is 2. The van der Waals surface area contributed by atoms with E-state index in [1.807, 2.05) is 12.2 Å². The Kier molecular flexibility index (Phi) is 6.10. The molecule has 0 radical (unpaired) electrons. The van der Waals surface area contributed by atoms with Gasteiger partial charge in [-0.3, -0.25) is 0 Å². The van der Waals surface area contributed by atoms with Gasteiger partial charge < -0.3 is 4.57 Å². The van der Waals surface area contributed by atoms with Crippen molar-refractivity contribution in [1.82, 2.24) is 4.57 Å². The van der Waals surface area contributed by atoms with Crippen molar-refractivity contribution in [1.29, 1.82) is 0 Å². The zero-order valence-electron chi connectivity index (χ0n) is 14.7. The van der Waals surface area contributed by atoms with Crippen LogP contribution in [0.25, 0.3) is 21.8 Å². The van der Waals surface area contributed by atoms with Gasteiger partial charge in [0.1, 0.15) is 0 Å². The fraction of sp³-hybridized carbons (Fsp3) is 0.158. The molecule has 1 aliphatic rings. The van der Waals surface area contributed by atoms with Gasteiger partial charge >= 0.3 is 78.1 Å². The molecule has 1 nitrogen and oxygen atoms in total. The second kappa shape index (κ2) is 7.58. The molecule has 0 amide bonds. The monoisotopic (exact) mass is 461 g/mol. The van der Waals surface area contributed by atoms with Crippen molar-refractivity contribution >= 4 is 29.6 Å². The summed E-state index contributed by atoms with van der Waals surface area (Å²) in [6.45, 7) is 3.22. The van der Waals surface area contributed by atoms with E-state index in [1.54, 1.807) is 0 Å². The molecule has 0 unspecified atom stereocenters. The number of hydrogen-bond acceptors (Lipinski definition) is 0. The van der Waals surface area contributed by atoms with Gasteiger partial charge in [-0.2, -0.15) is 0 Å². The molecule has 2 aromatic carbocycles. The van der Waals surface area contributed by atoms with Gasteiger partial charge in [0.15, 0.2) is 0 Å². The normalized spacial score (nSPS) is 16.1. The predicted octanol–water partition coefficient (Wildman–Crippen LogP) is 8.64. The van der Waals surface area contributed by atoms with Gasteiger partial charge in [-0.05, 0) is 19.1 Å². The van der Waals surface area contributed by atoms with Gasteiger partial charge in [-0.25, -0.2) is 0 Å². The summed E-state index contributed by atoms with van der Waals surface area (Å²) in [4.78, 5) is 0.435. The number of aromatic nitrogens is 1. The Balaban J connectivity index is 0.000000180. The van der Waals surface area contributed by atoms with E-state index in [0.717, 1.165) is 6.54 Å². The Labute approximate surface area is 166 Å². The number of fused-ring (bicyclic) bond motifs is 3. The first kappa shape index (κ1) is 22.5. The van der Waals surface area contributed by atoms with Crippen LogP contribution in [0.4, 0.5) is 25.2 Å². The van der Waals surface area contributed by atoms with E-state index in [2.05, 4.69) is 88.2 Å². The first-order valence-electron chi connectivity index (χ1n) is 8.26. The number of benzene rings is 2. The van der Waals surface area contributed by atoms with Crippen LogP contribution in [0.15, 0.2) is 72.8 Å². The Morgan fingerprint density at radius 2 is 1.14 bits per heavy atom. The molecule has 28 heavy (non-hydrogen) atoms. The summed E-state index contributed by atoms with van der Waals surface area (Å²) in [5.41, 5.74) is 2.67. The molecule has 154 valence electrons. The summed E-state index contributed by atoms with van der Waals surface area (Å²) in [6, 6.07) is 17.2. The minimum absolute atomic E-state index is 0.435. The molecular weight excluding hydrogens is 443 g/mol. The summed E-state index contributed by atoms with van der Waals surface area (Å²) >= 11 is 3.76. The summed E-state index contributed by atoms with van der Waals surface area (Å²) in [5, 5.41) is 2.71. The van der Waals surface area contributed by atoms with Crippen LogP contribution in [-0.4, -0.2) is 4.57 Å². The van der Waals surface area contributed by atoms with Gasteiger partial charge in [0.2, 0.25) is 0 Å². The Bertz CT molecular complexity index is 945. The van der Waals surface area contributed by atoms with Gasteiger partial charge in [-0.15, -0.1) is 0 Å². The molecule has 0 fully saturated rings. The zero-order valence-corrected chi connectivity index (χ0v) is 16.7. The molecule has 3 aromatic rings. The average molecular weight is 461 g/mol. The molecule has 1 aromatic heterocycles. The van der Waals surface area contributed by atoms with Crippen molar-refractivity contribution in [3.05, 3.63) is 72.8 Å². The molecule has 1 aliphatic carbocycles. The molecule has 0 bridgehead atoms. The number of hydrogen-bond donors (Lipinski definition) is 0. The van der Waals surface area contributed by atoms with Crippen molar-refractivity contribution in [2.75, 3.05) is 0 Å². The molecule has 4 rings (SSSR count). The van der Waals surface area contributed by atoms with Crippen LogP contribution in [-0.2, 0) is 22.6 Å². The molecule has 0 N–H and O–H groups in total. The Morgan fingerprint density at radius 1 is 0.786 bits per heavy atom. The standard InChI is InChI=1S/C14H13N.C5H5.F6P.Fe/c1-2-15-13-9-5-3-7-11(13)12-8-4-6-10-14(12)15;1-2-4-5-3-1;1-7(2,3,4,5)6;/h3-10H,2H2,1H3;1-5H;;/q;;-1;+1. The second-order valence-electron chi connectivity index (χ2n) is 5.93. The molecule has 0 aliphatic heterocycles. The number of allylic oxidation sites excluding steroid dienone is 4. The van der Waals surface area contributed by atoms with Gasteiger partial charge in [0.25, 0.3) is 0 Å². The topological polar surface area (TPSA) is 4.93 Å². The Morgan fingerprint density at radius 3 is 1.43 bits per heavy atom. The van der Waals surface area contributed by atoms with Crippen LogP contribution >= 0.6 is 7.81 Å². The SMILES string of the molecule is CCn1c2ccccc2c2ccccc21.F[P-](F)(F)(F)(F)F.[Fe+][CH]1C=CC=C1. The van der Waals surface area contributed by atoms with Crippen molar-refractivity contribution in [2.24, 2.45) is 0 Å². The van der Waals surface area contributed by atoms with E-state index in [0.29, 0.717) is 4.82 Å². The summed E-state index contributed by atoms with van der Waals surface area (Å²) < 4.78 is 61.6.